The van der Waals surface area contributed by atoms with E-state index in [1.165, 1.54) is 0 Å². The summed E-state index contributed by atoms with van der Waals surface area (Å²) in [6.07, 6.45) is 3.91. The van der Waals surface area contributed by atoms with Crippen LogP contribution in [0.3, 0.4) is 0 Å². The molecule has 0 aliphatic carbocycles. The van der Waals surface area contributed by atoms with Gasteiger partial charge in [-0.15, -0.1) is 0 Å². The first-order valence-electron chi connectivity index (χ1n) is 14.5. The number of nitrogens with zero attached hydrogens (tertiary/aromatic N) is 3. The molecule has 228 valence electrons. The van der Waals surface area contributed by atoms with Crippen LogP contribution >= 0.6 is 23.2 Å². The van der Waals surface area contributed by atoms with Gasteiger partial charge in [0.05, 0.1) is 34.2 Å². The summed E-state index contributed by atoms with van der Waals surface area (Å²) in [6, 6.07) is 13.2. The molecular weight excluding hydrogens is 601 g/mol. The number of hydrogen-bond acceptors (Lipinski definition) is 7. The fourth-order valence-corrected chi connectivity index (χ4v) is 6.37. The number of ether oxygens (including phenoxy) is 1. The summed E-state index contributed by atoms with van der Waals surface area (Å²) < 4.78 is 7.54. The van der Waals surface area contributed by atoms with Crippen molar-refractivity contribution < 1.29 is 14.3 Å². The normalized spacial score (nSPS) is 16.0. The third-order valence-corrected chi connectivity index (χ3v) is 8.90. The van der Waals surface area contributed by atoms with Crippen LogP contribution in [-0.4, -0.2) is 52.6 Å². The zero-order valence-electron chi connectivity index (χ0n) is 24.5. The van der Waals surface area contributed by atoms with E-state index in [1.54, 1.807) is 25.4 Å². The van der Waals surface area contributed by atoms with E-state index in [0.29, 0.717) is 70.2 Å². The number of rotatable bonds is 9. The molecule has 0 radical (unpaired) electrons. The Morgan fingerprint density at radius 3 is 2.75 bits per heavy atom. The first-order valence-corrected chi connectivity index (χ1v) is 15.3. The highest BCUT2D eigenvalue weighted by atomic mass is 35.5. The second kappa shape index (κ2) is 13.0. The molecular formula is C32H33Cl2N7O3. The van der Waals surface area contributed by atoms with Gasteiger partial charge in [-0.05, 0) is 24.6 Å². The number of anilines is 1. The van der Waals surface area contributed by atoms with Gasteiger partial charge in [0.2, 0.25) is 5.91 Å². The molecule has 2 aromatic carbocycles. The van der Waals surface area contributed by atoms with Crippen LogP contribution in [0.5, 0.6) is 5.75 Å². The van der Waals surface area contributed by atoms with Gasteiger partial charge in [0, 0.05) is 86.3 Å². The number of hydrogen-bond donors (Lipinski definition) is 4. The molecule has 10 nitrogen and oxygen atoms in total. The molecule has 2 amide bonds. The van der Waals surface area contributed by atoms with Crippen molar-refractivity contribution in [2.75, 3.05) is 25.5 Å². The largest absolute Gasteiger partial charge is 0.496 e. The zero-order chi connectivity index (χ0) is 30.8. The molecule has 1 saturated heterocycles. The fraction of sp³-hybridized carbons (Fsp3) is 0.312. The van der Waals surface area contributed by atoms with E-state index in [4.69, 9.17) is 27.9 Å². The van der Waals surface area contributed by atoms with Crippen LogP contribution in [-0.2, 0) is 31.4 Å². The lowest BCUT2D eigenvalue weighted by Crippen LogP contribution is -2.35. The molecule has 2 aromatic heterocycles. The number of halogens is 2. The lowest BCUT2D eigenvalue weighted by molar-refractivity contribution is -0.119. The highest BCUT2D eigenvalue weighted by Gasteiger charge is 2.24. The average Bonchev–Trinajstić information content (AvgIpc) is 3.61. The van der Waals surface area contributed by atoms with E-state index >= 15 is 0 Å². The zero-order valence-corrected chi connectivity index (χ0v) is 26.0. The molecule has 0 saturated carbocycles. The van der Waals surface area contributed by atoms with Gasteiger partial charge >= 0.3 is 0 Å². The summed E-state index contributed by atoms with van der Waals surface area (Å²) >= 11 is 13.8. The van der Waals surface area contributed by atoms with Gasteiger partial charge in [-0.3, -0.25) is 14.6 Å². The molecule has 44 heavy (non-hydrogen) atoms. The number of amides is 2. The van der Waals surface area contributed by atoms with Gasteiger partial charge < -0.3 is 30.6 Å². The molecule has 12 heteroatoms. The Hall–Kier alpha value is -3.96. The van der Waals surface area contributed by atoms with Gasteiger partial charge in [-0.2, -0.15) is 0 Å². The highest BCUT2D eigenvalue weighted by molar-refractivity contribution is 6.39. The van der Waals surface area contributed by atoms with E-state index in [-0.39, 0.29) is 17.9 Å². The third-order valence-electron chi connectivity index (χ3n) is 8.11. The maximum absolute atomic E-state index is 13.2. The van der Waals surface area contributed by atoms with E-state index in [9.17, 15) is 9.59 Å². The summed E-state index contributed by atoms with van der Waals surface area (Å²) in [5.41, 5.74) is 6.09. The number of nitrogens with one attached hydrogen (secondary N) is 4. The van der Waals surface area contributed by atoms with Crippen molar-refractivity contribution in [1.82, 2.24) is 30.5 Å². The molecule has 1 fully saturated rings. The lowest BCUT2D eigenvalue weighted by atomic mass is 10.0. The monoisotopic (exact) mass is 633 g/mol. The van der Waals surface area contributed by atoms with Crippen molar-refractivity contribution in [3.63, 3.8) is 0 Å². The Morgan fingerprint density at radius 2 is 1.98 bits per heavy atom. The van der Waals surface area contributed by atoms with Crippen molar-refractivity contribution >= 4 is 40.7 Å². The SMILES string of the molecule is COc1cc(-c2nccc(-c3cccc(NC(=O)c4nc5c(n4C)CCNC5)c3Cl)c2Cl)ccc1CNC[C@H]1CCC(=O)N1. The van der Waals surface area contributed by atoms with Crippen LogP contribution in [0.4, 0.5) is 5.69 Å². The van der Waals surface area contributed by atoms with Gasteiger partial charge in [-0.25, -0.2) is 4.98 Å². The Morgan fingerprint density at radius 1 is 1.14 bits per heavy atom. The lowest BCUT2D eigenvalue weighted by Gasteiger charge is -2.16. The number of pyridine rings is 1. The Kier molecular flexibility index (Phi) is 8.86. The topological polar surface area (TPSA) is 122 Å². The van der Waals surface area contributed by atoms with Crippen molar-refractivity contribution in [3.8, 4) is 28.1 Å². The minimum atomic E-state index is -0.336. The highest BCUT2D eigenvalue weighted by Crippen LogP contribution is 2.41. The summed E-state index contributed by atoms with van der Waals surface area (Å²) in [7, 11) is 3.49. The predicted molar refractivity (Wildman–Crippen MR) is 171 cm³/mol. The number of fused-ring (bicyclic) bond motifs is 1. The van der Waals surface area contributed by atoms with Crippen molar-refractivity contribution in [2.45, 2.75) is 38.4 Å². The first-order chi connectivity index (χ1) is 21.3. The number of methoxy groups -OCH3 is 1. The molecule has 0 unspecified atom stereocenters. The van der Waals surface area contributed by atoms with E-state index in [0.717, 1.165) is 41.9 Å². The minimum absolute atomic E-state index is 0.100. The molecule has 0 spiro atoms. The first kappa shape index (κ1) is 30.1. The fourth-order valence-electron chi connectivity index (χ4n) is 5.78. The number of benzene rings is 2. The van der Waals surface area contributed by atoms with Crippen LogP contribution in [0.1, 0.15) is 40.4 Å². The van der Waals surface area contributed by atoms with Crippen molar-refractivity contribution in [1.29, 1.82) is 0 Å². The average molecular weight is 635 g/mol. The van der Waals surface area contributed by atoms with Crippen LogP contribution in [0.2, 0.25) is 10.0 Å². The molecule has 2 aliphatic heterocycles. The molecule has 1 atom stereocenters. The maximum atomic E-state index is 13.2. The van der Waals surface area contributed by atoms with Crippen LogP contribution in [0.15, 0.2) is 48.7 Å². The number of imidazole rings is 1. The van der Waals surface area contributed by atoms with Crippen LogP contribution < -0.4 is 26.0 Å². The van der Waals surface area contributed by atoms with E-state index < -0.39 is 0 Å². The molecule has 0 bridgehead atoms. The van der Waals surface area contributed by atoms with Gasteiger partial charge in [0.15, 0.2) is 5.82 Å². The van der Waals surface area contributed by atoms with Gasteiger partial charge in [-0.1, -0.05) is 47.5 Å². The van der Waals surface area contributed by atoms with Crippen molar-refractivity contribution in [3.05, 3.63) is 81.5 Å². The predicted octanol–water partition coefficient (Wildman–Crippen LogP) is 4.73. The Balaban J connectivity index is 1.22. The third kappa shape index (κ3) is 6.03. The smallest absolute Gasteiger partial charge is 0.291 e. The number of carbonyl (C=O) groups is 2. The van der Waals surface area contributed by atoms with E-state index in [1.807, 2.05) is 41.9 Å². The van der Waals surface area contributed by atoms with Crippen molar-refractivity contribution in [2.24, 2.45) is 7.05 Å². The van der Waals surface area contributed by atoms with Gasteiger partial charge in [0.25, 0.3) is 5.91 Å². The summed E-state index contributed by atoms with van der Waals surface area (Å²) in [4.78, 5) is 33.9. The number of aromatic nitrogens is 3. The van der Waals surface area contributed by atoms with Crippen LogP contribution in [0.25, 0.3) is 22.4 Å². The number of carbonyl (C=O) groups excluding carboxylic acids is 2. The van der Waals surface area contributed by atoms with Gasteiger partial charge in [0.1, 0.15) is 5.75 Å². The molecule has 6 rings (SSSR count). The van der Waals surface area contributed by atoms with Crippen LogP contribution in [0, 0.1) is 0 Å². The summed E-state index contributed by atoms with van der Waals surface area (Å²) in [5, 5.41) is 13.4. The molecule has 4 heterocycles. The standard InChI is InChI=1S/C32H33Cl2N7O3/c1-41-25-11-12-35-17-24(25)39-31(41)32(43)40-23-5-3-4-21(28(23)33)22-10-13-37-30(29(22)34)18-6-7-19(26(14-18)44-2)15-36-16-20-8-9-27(42)38-20/h3-7,10,13-14,20,35-36H,8-9,11-12,15-17H2,1-2H3,(H,38,42)(H,40,43)/t20-/m1/s1. The maximum Gasteiger partial charge on any atom is 0.291 e. The minimum Gasteiger partial charge on any atom is -0.496 e. The molecule has 4 aromatic rings. The summed E-state index contributed by atoms with van der Waals surface area (Å²) in [6.45, 7) is 2.77. The second-order valence-corrected chi connectivity index (χ2v) is 11.7. The Bertz CT molecular complexity index is 1740. The van der Waals surface area contributed by atoms with E-state index in [2.05, 4.69) is 31.2 Å². The Labute approximate surface area is 265 Å². The second-order valence-electron chi connectivity index (χ2n) is 10.9. The molecule has 4 N–H and O–H groups in total. The molecule has 2 aliphatic rings. The summed E-state index contributed by atoms with van der Waals surface area (Å²) in [5.74, 6) is 0.797. The quantitative estimate of drug-likeness (QED) is 0.210.